The number of hydrogen-bond acceptors (Lipinski definition) is 2. The second-order valence-electron chi connectivity index (χ2n) is 10.5. The molecule has 4 aliphatic carbocycles. The number of Topliss-reactive ketones (excluding diaryl/α,β-unsaturated/α-hetero) is 1. The molecule has 0 bridgehead atoms. The van der Waals surface area contributed by atoms with Gasteiger partial charge in [-0.15, -0.1) is 0 Å². The maximum atomic E-state index is 12.3. The van der Waals surface area contributed by atoms with Crippen LogP contribution in [-0.4, -0.2) is 19.5 Å². The lowest BCUT2D eigenvalue weighted by Gasteiger charge is -2.61. The van der Waals surface area contributed by atoms with E-state index in [9.17, 15) is 4.79 Å². The van der Waals surface area contributed by atoms with Crippen LogP contribution in [0.15, 0.2) is 0 Å². The summed E-state index contributed by atoms with van der Waals surface area (Å²) < 4.78 is 5.53. The molecule has 0 amide bonds. The average molecular weight is 347 g/mol. The molecule has 0 aromatic carbocycles. The number of carbonyl (C=O) groups excluding carboxylic acids is 1. The number of methoxy groups -OCH3 is 1. The Labute approximate surface area is 154 Å². The van der Waals surface area contributed by atoms with Crippen molar-refractivity contribution in [1.29, 1.82) is 0 Å². The van der Waals surface area contributed by atoms with Crippen LogP contribution >= 0.6 is 0 Å². The number of carbonyl (C=O) groups is 1. The summed E-state index contributed by atoms with van der Waals surface area (Å²) in [5.41, 5.74) is 0.830. The molecule has 4 aliphatic rings. The molecule has 0 saturated heterocycles. The Morgan fingerprint density at radius 2 is 1.68 bits per heavy atom. The Hall–Kier alpha value is -0.370. The average Bonchev–Trinajstić information content (AvgIpc) is 2.92. The van der Waals surface area contributed by atoms with Crippen molar-refractivity contribution in [3.63, 3.8) is 0 Å². The van der Waals surface area contributed by atoms with Gasteiger partial charge in [0.25, 0.3) is 0 Å². The summed E-state index contributed by atoms with van der Waals surface area (Å²) in [5.74, 6) is 5.10. The van der Waals surface area contributed by atoms with Gasteiger partial charge in [-0.25, -0.2) is 0 Å². The fourth-order valence-corrected chi connectivity index (χ4v) is 8.53. The van der Waals surface area contributed by atoms with Crippen LogP contribution in [0.25, 0.3) is 0 Å². The maximum Gasteiger partial charge on any atom is 0.133 e. The Morgan fingerprint density at radius 1 is 0.960 bits per heavy atom. The van der Waals surface area contributed by atoms with Gasteiger partial charge in [0, 0.05) is 19.6 Å². The van der Waals surface area contributed by atoms with Crippen molar-refractivity contribution in [2.45, 2.75) is 78.6 Å². The van der Waals surface area contributed by atoms with Gasteiger partial charge in [0.1, 0.15) is 5.78 Å². The van der Waals surface area contributed by atoms with E-state index in [1.165, 1.54) is 51.4 Å². The van der Waals surface area contributed by atoms with Crippen LogP contribution in [0.1, 0.15) is 78.6 Å². The lowest BCUT2D eigenvalue weighted by Crippen LogP contribution is -2.54. The molecule has 25 heavy (non-hydrogen) atoms. The minimum Gasteiger partial charge on any atom is -0.384 e. The Balaban J connectivity index is 1.59. The number of hydrogen-bond donors (Lipinski definition) is 0. The Kier molecular flexibility index (Phi) is 4.58. The molecule has 142 valence electrons. The molecule has 0 N–H and O–H groups in total. The number of fused-ring (bicyclic) bond motifs is 5. The minimum atomic E-state index is 0.302. The largest absolute Gasteiger partial charge is 0.384 e. The van der Waals surface area contributed by atoms with Crippen molar-refractivity contribution < 1.29 is 9.53 Å². The first-order valence-electron chi connectivity index (χ1n) is 10.9. The summed E-state index contributed by atoms with van der Waals surface area (Å²) >= 11 is 0. The molecule has 2 nitrogen and oxygen atoms in total. The van der Waals surface area contributed by atoms with Crippen LogP contribution in [-0.2, 0) is 9.53 Å². The molecule has 0 aliphatic heterocycles. The van der Waals surface area contributed by atoms with E-state index in [2.05, 4.69) is 13.8 Å². The summed E-state index contributed by atoms with van der Waals surface area (Å²) in [7, 11) is 1.87. The van der Waals surface area contributed by atoms with Gasteiger partial charge < -0.3 is 4.74 Å². The standard InChI is InChI=1S/C23H38O2/c1-15(24)19-9-10-20-18-8-7-17-6-5-16(14-25-4)13-23(17,3)21(18)11-12-22(19,20)2/h16-21H,5-14H2,1-4H3/t16?,17-,18+,19-,20+,21+,22-,23+/m1/s1. The van der Waals surface area contributed by atoms with E-state index >= 15 is 0 Å². The van der Waals surface area contributed by atoms with Crippen LogP contribution in [0, 0.1) is 46.3 Å². The highest BCUT2D eigenvalue weighted by molar-refractivity contribution is 5.79. The summed E-state index contributed by atoms with van der Waals surface area (Å²) in [4.78, 5) is 12.3. The van der Waals surface area contributed by atoms with E-state index < -0.39 is 0 Å². The third-order valence-electron chi connectivity index (χ3n) is 9.61. The van der Waals surface area contributed by atoms with Gasteiger partial charge in [-0.05, 0) is 105 Å². The SMILES string of the molecule is COCC1CC[C@@H]2CC[C@@H]3[C@H](CC[C@]4(C)[C@@H](C(C)=O)CC[C@@H]34)[C@@]2(C)C1. The first-order valence-corrected chi connectivity index (χ1v) is 10.9. The summed E-state index contributed by atoms with van der Waals surface area (Å²) in [6.45, 7) is 7.90. The van der Waals surface area contributed by atoms with Crippen molar-refractivity contribution in [3.05, 3.63) is 0 Å². The third-order valence-corrected chi connectivity index (χ3v) is 9.61. The molecule has 2 heteroatoms. The van der Waals surface area contributed by atoms with Crippen molar-refractivity contribution in [2.24, 2.45) is 46.3 Å². The molecular formula is C23H38O2. The first-order chi connectivity index (χ1) is 11.9. The molecular weight excluding hydrogens is 308 g/mol. The predicted molar refractivity (Wildman–Crippen MR) is 101 cm³/mol. The van der Waals surface area contributed by atoms with Gasteiger partial charge in [0.15, 0.2) is 0 Å². The Bertz CT molecular complexity index is 528. The molecule has 0 aromatic heterocycles. The van der Waals surface area contributed by atoms with E-state index in [1.807, 2.05) is 14.0 Å². The molecule has 4 saturated carbocycles. The van der Waals surface area contributed by atoms with E-state index in [4.69, 9.17) is 4.74 Å². The van der Waals surface area contributed by atoms with Gasteiger partial charge >= 0.3 is 0 Å². The smallest absolute Gasteiger partial charge is 0.133 e. The van der Waals surface area contributed by atoms with E-state index in [0.29, 0.717) is 22.5 Å². The van der Waals surface area contributed by atoms with E-state index in [0.717, 1.165) is 42.6 Å². The third kappa shape index (κ3) is 2.65. The van der Waals surface area contributed by atoms with Gasteiger partial charge in [-0.3, -0.25) is 4.79 Å². The predicted octanol–water partition coefficient (Wildman–Crippen LogP) is 5.50. The second-order valence-corrected chi connectivity index (χ2v) is 10.5. The topological polar surface area (TPSA) is 26.3 Å². The highest BCUT2D eigenvalue weighted by Crippen LogP contribution is 2.67. The zero-order valence-electron chi connectivity index (χ0n) is 16.9. The molecule has 0 radical (unpaired) electrons. The number of ether oxygens (including phenoxy) is 1. The highest BCUT2D eigenvalue weighted by atomic mass is 16.5. The van der Waals surface area contributed by atoms with Gasteiger partial charge in [-0.2, -0.15) is 0 Å². The van der Waals surface area contributed by atoms with E-state index in [-0.39, 0.29) is 0 Å². The minimum absolute atomic E-state index is 0.302. The molecule has 0 heterocycles. The van der Waals surface area contributed by atoms with Crippen LogP contribution in [0.5, 0.6) is 0 Å². The maximum absolute atomic E-state index is 12.3. The zero-order chi connectivity index (χ0) is 17.8. The van der Waals surface area contributed by atoms with Crippen molar-refractivity contribution in [2.75, 3.05) is 13.7 Å². The van der Waals surface area contributed by atoms with Crippen molar-refractivity contribution >= 4 is 5.78 Å². The summed E-state index contributed by atoms with van der Waals surface area (Å²) in [5, 5.41) is 0. The quantitative estimate of drug-likeness (QED) is 0.675. The molecule has 8 atom stereocenters. The fraction of sp³-hybridized carbons (Fsp3) is 0.957. The molecule has 0 aromatic rings. The summed E-state index contributed by atoms with van der Waals surface area (Å²) in [6.07, 6.45) is 12.2. The number of ketones is 1. The molecule has 4 fully saturated rings. The van der Waals surface area contributed by atoms with Crippen LogP contribution < -0.4 is 0 Å². The highest BCUT2D eigenvalue weighted by Gasteiger charge is 2.60. The summed E-state index contributed by atoms with van der Waals surface area (Å²) in [6, 6.07) is 0. The Morgan fingerprint density at radius 3 is 2.40 bits per heavy atom. The van der Waals surface area contributed by atoms with Crippen molar-refractivity contribution in [3.8, 4) is 0 Å². The monoisotopic (exact) mass is 346 g/mol. The molecule has 1 unspecified atom stereocenters. The van der Waals surface area contributed by atoms with Crippen LogP contribution in [0.4, 0.5) is 0 Å². The second kappa shape index (κ2) is 6.36. The zero-order valence-corrected chi connectivity index (χ0v) is 16.9. The van der Waals surface area contributed by atoms with E-state index in [1.54, 1.807) is 0 Å². The molecule has 4 rings (SSSR count). The first kappa shape index (κ1) is 18.0. The van der Waals surface area contributed by atoms with Crippen molar-refractivity contribution in [1.82, 2.24) is 0 Å². The van der Waals surface area contributed by atoms with Gasteiger partial charge in [0.2, 0.25) is 0 Å². The van der Waals surface area contributed by atoms with Crippen LogP contribution in [0.2, 0.25) is 0 Å². The van der Waals surface area contributed by atoms with Gasteiger partial charge in [-0.1, -0.05) is 13.8 Å². The normalized spacial score (nSPS) is 52.2. The van der Waals surface area contributed by atoms with Crippen LogP contribution in [0.3, 0.4) is 0 Å². The van der Waals surface area contributed by atoms with Gasteiger partial charge in [0.05, 0.1) is 0 Å². The lowest BCUT2D eigenvalue weighted by molar-refractivity contribution is -0.137. The molecule has 0 spiro atoms. The lowest BCUT2D eigenvalue weighted by atomic mass is 9.44. The fourth-order valence-electron chi connectivity index (χ4n) is 8.53. The number of rotatable bonds is 3.